The second-order valence-electron chi connectivity index (χ2n) is 9.31. The second kappa shape index (κ2) is 9.44. The van der Waals surface area contributed by atoms with E-state index in [2.05, 4.69) is 63.9 Å². The van der Waals surface area contributed by atoms with Gasteiger partial charge in [0.15, 0.2) is 0 Å². The van der Waals surface area contributed by atoms with Crippen LogP contribution in [0.4, 0.5) is 5.82 Å². The van der Waals surface area contributed by atoms with Crippen molar-refractivity contribution in [2.24, 2.45) is 0 Å². The quantitative estimate of drug-likeness (QED) is 0.393. The van der Waals surface area contributed by atoms with Gasteiger partial charge < -0.3 is 10.6 Å². The highest BCUT2D eigenvalue weighted by Crippen LogP contribution is 2.36. The lowest BCUT2D eigenvalue weighted by Crippen LogP contribution is -2.38. The van der Waals surface area contributed by atoms with Crippen LogP contribution in [0.25, 0.3) is 21.0 Å². The third kappa shape index (κ3) is 5.49. The lowest BCUT2D eigenvalue weighted by molar-refractivity contribution is 0.172. The van der Waals surface area contributed by atoms with Crippen LogP contribution in [0.3, 0.4) is 0 Å². The normalized spacial score (nSPS) is 12.5. The zero-order valence-corrected chi connectivity index (χ0v) is 19.7. The van der Waals surface area contributed by atoms with Gasteiger partial charge in [0.1, 0.15) is 5.82 Å². The summed E-state index contributed by atoms with van der Waals surface area (Å²) < 4.78 is 1.30. The largest absolute Gasteiger partial charge is 0.383 e. The molecule has 0 bridgehead atoms. The summed E-state index contributed by atoms with van der Waals surface area (Å²) in [5.41, 5.74) is 8.98. The molecule has 0 aliphatic carbocycles. The minimum absolute atomic E-state index is 0.257. The van der Waals surface area contributed by atoms with Gasteiger partial charge >= 0.3 is 0 Å². The van der Waals surface area contributed by atoms with Crippen LogP contribution in [0.1, 0.15) is 70.2 Å². The van der Waals surface area contributed by atoms with Gasteiger partial charge in [0, 0.05) is 25.9 Å². The SMILES string of the molecule is CCCCc1cc2c(N)nc3cc(CCCCCN(C)C(C)(C)C)ccc3c2s1. The highest BCUT2D eigenvalue weighted by atomic mass is 32.1. The van der Waals surface area contributed by atoms with Gasteiger partial charge in [-0.05, 0) is 84.2 Å². The summed E-state index contributed by atoms with van der Waals surface area (Å²) in [6, 6.07) is 9.04. The molecule has 0 spiro atoms. The van der Waals surface area contributed by atoms with Crippen LogP contribution in [-0.4, -0.2) is 29.0 Å². The molecule has 2 heterocycles. The molecule has 0 fully saturated rings. The summed E-state index contributed by atoms with van der Waals surface area (Å²) in [4.78, 5) is 8.60. The topological polar surface area (TPSA) is 42.1 Å². The fraction of sp³-hybridized carbons (Fsp3) is 0.560. The molecular weight excluding hydrogens is 374 g/mol. The van der Waals surface area contributed by atoms with Crippen LogP contribution >= 0.6 is 11.3 Å². The summed E-state index contributed by atoms with van der Waals surface area (Å²) in [5.74, 6) is 0.675. The van der Waals surface area contributed by atoms with E-state index in [1.54, 1.807) is 0 Å². The zero-order valence-electron chi connectivity index (χ0n) is 18.8. The minimum atomic E-state index is 0.257. The van der Waals surface area contributed by atoms with Crippen LogP contribution in [0.5, 0.6) is 0 Å². The third-order valence-corrected chi connectivity index (χ3v) is 7.22. The van der Waals surface area contributed by atoms with E-state index in [9.17, 15) is 0 Å². The fourth-order valence-electron chi connectivity index (χ4n) is 3.70. The molecule has 0 unspecified atom stereocenters. The third-order valence-electron chi connectivity index (χ3n) is 5.99. The first-order chi connectivity index (χ1) is 13.8. The van der Waals surface area contributed by atoms with Crippen LogP contribution in [0.2, 0.25) is 0 Å². The van der Waals surface area contributed by atoms with Crippen molar-refractivity contribution >= 4 is 38.1 Å². The van der Waals surface area contributed by atoms with Gasteiger partial charge in [0.05, 0.1) is 5.52 Å². The number of fused-ring (bicyclic) bond motifs is 3. The van der Waals surface area contributed by atoms with E-state index in [4.69, 9.17) is 10.7 Å². The smallest absolute Gasteiger partial charge is 0.132 e. The Morgan fingerprint density at radius 2 is 1.79 bits per heavy atom. The maximum atomic E-state index is 6.31. The van der Waals surface area contributed by atoms with E-state index < -0.39 is 0 Å². The maximum absolute atomic E-state index is 6.31. The number of thiophene rings is 1. The van der Waals surface area contributed by atoms with E-state index in [0.29, 0.717) is 5.82 Å². The first-order valence-electron chi connectivity index (χ1n) is 11.1. The van der Waals surface area contributed by atoms with Gasteiger partial charge in [-0.15, -0.1) is 11.3 Å². The Morgan fingerprint density at radius 1 is 1.00 bits per heavy atom. The molecule has 0 aliphatic heterocycles. The number of aromatic nitrogens is 1. The zero-order chi connectivity index (χ0) is 21.0. The summed E-state index contributed by atoms with van der Waals surface area (Å²) in [7, 11) is 2.22. The number of anilines is 1. The minimum Gasteiger partial charge on any atom is -0.383 e. The number of benzene rings is 1. The molecule has 2 aromatic heterocycles. The van der Waals surface area contributed by atoms with Crippen LogP contribution in [0, 0.1) is 0 Å². The van der Waals surface area contributed by atoms with Gasteiger partial charge in [-0.2, -0.15) is 0 Å². The van der Waals surface area contributed by atoms with Gasteiger partial charge in [-0.3, -0.25) is 0 Å². The molecule has 0 aliphatic rings. The predicted molar refractivity (Wildman–Crippen MR) is 130 cm³/mol. The Hall–Kier alpha value is -1.65. The molecule has 3 nitrogen and oxygen atoms in total. The van der Waals surface area contributed by atoms with Crippen molar-refractivity contribution in [2.75, 3.05) is 19.3 Å². The summed E-state index contributed by atoms with van der Waals surface area (Å²) in [5, 5.41) is 2.38. The van der Waals surface area contributed by atoms with Crippen molar-refractivity contribution in [1.29, 1.82) is 0 Å². The van der Waals surface area contributed by atoms with Crippen molar-refractivity contribution in [3.8, 4) is 0 Å². The van der Waals surface area contributed by atoms with Gasteiger partial charge in [-0.1, -0.05) is 31.9 Å². The van der Waals surface area contributed by atoms with Gasteiger partial charge in [0.2, 0.25) is 0 Å². The van der Waals surface area contributed by atoms with Gasteiger partial charge in [-0.25, -0.2) is 4.98 Å². The Labute approximate surface area is 180 Å². The molecule has 1 aromatic carbocycles. The number of hydrogen-bond donors (Lipinski definition) is 1. The molecular formula is C25H37N3S. The molecule has 0 saturated carbocycles. The predicted octanol–water partition coefficient (Wildman–Crippen LogP) is 6.82. The van der Waals surface area contributed by atoms with E-state index in [1.165, 1.54) is 52.6 Å². The number of nitrogens with zero attached hydrogens (tertiary/aromatic N) is 2. The van der Waals surface area contributed by atoms with E-state index in [0.717, 1.165) is 30.3 Å². The highest BCUT2D eigenvalue weighted by Gasteiger charge is 2.15. The molecule has 2 N–H and O–H groups in total. The molecule has 0 saturated heterocycles. The first kappa shape index (κ1) is 22.0. The Kier molecular flexibility index (Phi) is 7.18. The molecule has 3 rings (SSSR count). The number of rotatable bonds is 9. The molecule has 4 heteroatoms. The number of nitrogens with two attached hydrogens (primary N) is 1. The summed E-state index contributed by atoms with van der Waals surface area (Å²) in [6.07, 6.45) is 8.44. The van der Waals surface area contributed by atoms with Crippen molar-refractivity contribution in [3.63, 3.8) is 0 Å². The summed E-state index contributed by atoms with van der Waals surface area (Å²) in [6.45, 7) is 10.2. The van der Waals surface area contributed by atoms with Crippen molar-refractivity contribution < 1.29 is 0 Å². The Morgan fingerprint density at radius 3 is 2.52 bits per heavy atom. The average Bonchev–Trinajstić information content (AvgIpc) is 3.10. The lowest BCUT2D eigenvalue weighted by atomic mass is 10.0. The van der Waals surface area contributed by atoms with Crippen LogP contribution in [0.15, 0.2) is 24.3 Å². The number of aryl methyl sites for hydroxylation is 2. The Balaban J connectivity index is 1.66. The average molecular weight is 412 g/mol. The summed E-state index contributed by atoms with van der Waals surface area (Å²) >= 11 is 1.89. The number of pyridine rings is 1. The Bertz CT molecular complexity index is 952. The number of hydrogen-bond acceptors (Lipinski definition) is 4. The van der Waals surface area contributed by atoms with Crippen molar-refractivity contribution in [2.45, 2.75) is 78.2 Å². The van der Waals surface area contributed by atoms with E-state index in [1.807, 2.05) is 11.3 Å². The van der Waals surface area contributed by atoms with E-state index >= 15 is 0 Å². The lowest BCUT2D eigenvalue weighted by Gasteiger charge is -2.31. The van der Waals surface area contributed by atoms with Crippen LogP contribution < -0.4 is 5.73 Å². The maximum Gasteiger partial charge on any atom is 0.132 e. The number of unbranched alkanes of at least 4 members (excludes halogenated alkanes) is 3. The molecule has 3 aromatic rings. The second-order valence-corrected chi connectivity index (χ2v) is 10.4. The van der Waals surface area contributed by atoms with Crippen molar-refractivity contribution in [3.05, 3.63) is 34.7 Å². The monoisotopic (exact) mass is 411 g/mol. The number of nitrogen functional groups attached to an aromatic ring is 1. The highest BCUT2D eigenvalue weighted by molar-refractivity contribution is 7.20. The molecule has 0 amide bonds. The van der Waals surface area contributed by atoms with Gasteiger partial charge in [0.25, 0.3) is 0 Å². The fourth-order valence-corrected chi connectivity index (χ4v) is 4.95. The molecule has 29 heavy (non-hydrogen) atoms. The first-order valence-corrected chi connectivity index (χ1v) is 11.9. The van der Waals surface area contributed by atoms with Crippen LogP contribution in [-0.2, 0) is 12.8 Å². The molecule has 0 atom stereocenters. The molecule has 0 radical (unpaired) electrons. The molecule has 158 valence electrons. The standard InChI is InChI=1S/C25H37N3S/c1-6-7-12-19-17-21-23(29-19)20-14-13-18(16-22(20)27-24(21)26)11-9-8-10-15-28(5)25(2,3)4/h13-14,16-17H,6-12,15H2,1-5H3,(H2,26,27). The van der Waals surface area contributed by atoms with Crippen molar-refractivity contribution in [1.82, 2.24) is 9.88 Å². The van der Waals surface area contributed by atoms with E-state index in [-0.39, 0.29) is 5.54 Å².